The fourth-order valence-electron chi connectivity index (χ4n) is 3.47. The molecule has 4 rings (SSSR count). The number of aromatic nitrogens is 2. The fraction of sp³-hybridized carbons (Fsp3) is 0.192. The molecule has 0 aliphatic carbocycles. The van der Waals surface area contributed by atoms with Crippen molar-refractivity contribution in [2.45, 2.75) is 13.5 Å². The molecular weight excluding hydrogens is 418 g/mol. The van der Waals surface area contributed by atoms with E-state index in [9.17, 15) is 9.59 Å². The van der Waals surface area contributed by atoms with Crippen LogP contribution >= 0.6 is 0 Å². The monoisotopic (exact) mass is 443 g/mol. The van der Waals surface area contributed by atoms with Crippen LogP contribution in [0.15, 0.2) is 83.9 Å². The van der Waals surface area contributed by atoms with Gasteiger partial charge in [-0.15, -0.1) is 0 Å². The SMILES string of the molecule is CCOc1ccc(-c2cc(=O)n(CCNC(=O)COc3cccc4ccccc34)cn2)cc1. The third-order valence-electron chi connectivity index (χ3n) is 5.12. The Balaban J connectivity index is 1.29. The quantitative estimate of drug-likeness (QED) is 0.427. The highest BCUT2D eigenvalue weighted by molar-refractivity contribution is 5.88. The van der Waals surface area contributed by atoms with Crippen molar-refractivity contribution in [2.24, 2.45) is 0 Å². The van der Waals surface area contributed by atoms with Crippen molar-refractivity contribution >= 4 is 16.7 Å². The standard InChI is InChI=1S/C26H25N3O4/c1-2-32-21-12-10-20(11-13-21)23-16-26(31)29(18-28-23)15-14-27-25(30)17-33-24-9-5-7-19-6-3-4-8-22(19)24/h3-13,16,18H,2,14-15,17H2,1H3,(H,27,30). The predicted octanol–water partition coefficient (Wildman–Crippen LogP) is 3.66. The average Bonchev–Trinajstić information content (AvgIpc) is 2.84. The molecule has 0 bridgehead atoms. The van der Waals surface area contributed by atoms with Crippen molar-refractivity contribution in [3.63, 3.8) is 0 Å². The summed E-state index contributed by atoms with van der Waals surface area (Å²) in [5.74, 6) is 1.18. The largest absolute Gasteiger partial charge is 0.494 e. The Kier molecular flexibility index (Phi) is 6.99. The number of carbonyl (C=O) groups is 1. The number of rotatable bonds is 9. The van der Waals surface area contributed by atoms with Gasteiger partial charge < -0.3 is 14.8 Å². The molecule has 0 aliphatic heterocycles. The molecule has 7 nitrogen and oxygen atoms in total. The summed E-state index contributed by atoms with van der Waals surface area (Å²) in [4.78, 5) is 29.0. The van der Waals surface area contributed by atoms with Gasteiger partial charge in [0.05, 0.1) is 18.6 Å². The normalized spacial score (nSPS) is 10.7. The van der Waals surface area contributed by atoms with Crippen LogP contribution in [-0.2, 0) is 11.3 Å². The number of nitrogens with zero attached hydrogens (tertiary/aromatic N) is 2. The third-order valence-corrected chi connectivity index (χ3v) is 5.12. The van der Waals surface area contributed by atoms with Crippen LogP contribution in [-0.4, -0.2) is 35.2 Å². The summed E-state index contributed by atoms with van der Waals surface area (Å²) in [5, 5.41) is 4.78. The highest BCUT2D eigenvalue weighted by Crippen LogP contribution is 2.25. The molecule has 168 valence electrons. The molecule has 0 atom stereocenters. The van der Waals surface area contributed by atoms with E-state index in [2.05, 4.69) is 10.3 Å². The Morgan fingerprint density at radius 2 is 1.79 bits per heavy atom. The fourth-order valence-corrected chi connectivity index (χ4v) is 3.47. The number of benzene rings is 3. The van der Waals surface area contributed by atoms with Crippen LogP contribution in [0.3, 0.4) is 0 Å². The summed E-state index contributed by atoms with van der Waals surface area (Å²) in [6.07, 6.45) is 1.49. The second kappa shape index (κ2) is 10.5. The molecule has 1 aromatic heterocycles. The van der Waals surface area contributed by atoms with Crippen molar-refractivity contribution in [1.29, 1.82) is 0 Å². The lowest BCUT2D eigenvalue weighted by Gasteiger charge is -2.11. The van der Waals surface area contributed by atoms with Gasteiger partial charge in [0, 0.05) is 30.1 Å². The van der Waals surface area contributed by atoms with Gasteiger partial charge in [-0.25, -0.2) is 4.98 Å². The van der Waals surface area contributed by atoms with Crippen LogP contribution in [0.5, 0.6) is 11.5 Å². The van der Waals surface area contributed by atoms with E-state index in [1.165, 1.54) is 17.0 Å². The van der Waals surface area contributed by atoms with Gasteiger partial charge in [-0.05, 0) is 42.6 Å². The maximum Gasteiger partial charge on any atom is 0.258 e. The van der Waals surface area contributed by atoms with Crippen molar-refractivity contribution in [3.05, 3.63) is 89.5 Å². The summed E-state index contributed by atoms with van der Waals surface area (Å²) in [6.45, 7) is 3.03. The molecule has 0 fully saturated rings. The molecule has 0 spiro atoms. The van der Waals surface area contributed by atoms with Crippen LogP contribution in [0.25, 0.3) is 22.0 Å². The molecule has 0 aliphatic rings. The molecule has 0 unspecified atom stereocenters. The third kappa shape index (κ3) is 5.57. The maximum atomic E-state index is 12.5. The Bertz CT molecular complexity index is 1290. The van der Waals surface area contributed by atoms with Gasteiger partial charge in [-0.1, -0.05) is 36.4 Å². The van der Waals surface area contributed by atoms with Crippen LogP contribution in [0.4, 0.5) is 0 Å². The Hall–Kier alpha value is -4.13. The van der Waals surface area contributed by atoms with Gasteiger partial charge in [-0.2, -0.15) is 0 Å². The van der Waals surface area contributed by atoms with E-state index in [1.54, 1.807) is 0 Å². The lowest BCUT2D eigenvalue weighted by atomic mass is 10.1. The molecule has 4 aromatic rings. The van der Waals surface area contributed by atoms with E-state index in [-0.39, 0.29) is 18.1 Å². The first kappa shape index (κ1) is 22.1. The molecule has 3 aromatic carbocycles. The summed E-state index contributed by atoms with van der Waals surface area (Å²) in [5.41, 5.74) is 1.24. The molecule has 0 saturated heterocycles. The van der Waals surface area contributed by atoms with Crippen LogP contribution in [0, 0.1) is 0 Å². The average molecular weight is 444 g/mol. The van der Waals surface area contributed by atoms with Gasteiger partial charge in [-0.3, -0.25) is 14.2 Å². The summed E-state index contributed by atoms with van der Waals surface area (Å²) < 4.78 is 12.6. The molecule has 0 radical (unpaired) electrons. The van der Waals surface area contributed by atoms with E-state index in [0.29, 0.717) is 31.1 Å². The highest BCUT2D eigenvalue weighted by atomic mass is 16.5. The van der Waals surface area contributed by atoms with Gasteiger partial charge in [0.25, 0.3) is 11.5 Å². The maximum absolute atomic E-state index is 12.5. The molecule has 33 heavy (non-hydrogen) atoms. The predicted molar refractivity (Wildman–Crippen MR) is 128 cm³/mol. The van der Waals surface area contributed by atoms with E-state index in [4.69, 9.17) is 9.47 Å². The molecule has 0 saturated carbocycles. The number of ether oxygens (including phenoxy) is 2. The van der Waals surface area contributed by atoms with Gasteiger partial charge in [0.15, 0.2) is 6.61 Å². The van der Waals surface area contributed by atoms with Crippen molar-refractivity contribution < 1.29 is 14.3 Å². The van der Waals surface area contributed by atoms with E-state index >= 15 is 0 Å². The van der Waals surface area contributed by atoms with Gasteiger partial charge >= 0.3 is 0 Å². The Morgan fingerprint density at radius 3 is 2.58 bits per heavy atom. The number of fused-ring (bicyclic) bond motifs is 1. The minimum atomic E-state index is -0.255. The molecular formula is C26H25N3O4. The minimum absolute atomic E-state index is 0.0994. The van der Waals surface area contributed by atoms with Gasteiger partial charge in [0.1, 0.15) is 11.5 Å². The zero-order chi connectivity index (χ0) is 23.0. The molecule has 7 heteroatoms. The van der Waals surface area contributed by atoms with E-state index < -0.39 is 0 Å². The number of hydrogen-bond donors (Lipinski definition) is 1. The van der Waals surface area contributed by atoms with Crippen LogP contribution in [0.1, 0.15) is 6.92 Å². The minimum Gasteiger partial charge on any atom is -0.494 e. The number of nitrogens with one attached hydrogen (secondary N) is 1. The first-order valence-electron chi connectivity index (χ1n) is 10.8. The van der Waals surface area contributed by atoms with E-state index in [1.807, 2.05) is 73.7 Å². The lowest BCUT2D eigenvalue weighted by molar-refractivity contribution is -0.123. The van der Waals surface area contributed by atoms with Crippen molar-refractivity contribution in [2.75, 3.05) is 19.8 Å². The first-order chi connectivity index (χ1) is 16.1. The summed E-state index contributed by atoms with van der Waals surface area (Å²) >= 11 is 0. The van der Waals surface area contributed by atoms with Crippen molar-refractivity contribution in [1.82, 2.24) is 14.9 Å². The number of carbonyl (C=O) groups excluding carboxylic acids is 1. The summed E-state index contributed by atoms with van der Waals surface area (Å²) in [6, 6.07) is 22.5. The molecule has 1 amide bonds. The van der Waals surface area contributed by atoms with Crippen molar-refractivity contribution in [3.8, 4) is 22.8 Å². The zero-order valence-corrected chi connectivity index (χ0v) is 18.4. The second-order valence-electron chi connectivity index (χ2n) is 7.38. The highest BCUT2D eigenvalue weighted by Gasteiger charge is 2.07. The molecule has 1 N–H and O–H groups in total. The van der Waals surface area contributed by atoms with Crippen LogP contribution < -0.4 is 20.3 Å². The smallest absolute Gasteiger partial charge is 0.258 e. The second-order valence-corrected chi connectivity index (χ2v) is 7.38. The molecule has 1 heterocycles. The lowest BCUT2D eigenvalue weighted by Crippen LogP contribution is -2.33. The zero-order valence-electron chi connectivity index (χ0n) is 18.4. The Labute approximate surface area is 191 Å². The number of hydrogen-bond acceptors (Lipinski definition) is 5. The van der Waals surface area contributed by atoms with Crippen LogP contribution in [0.2, 0.25) is 0 Å². The Morgan fingerprint density at radius 1 is 1.00 bits per heavy atom. The first-order valence-corrected chi connectivity index (χ1v) is 10.8. The van der Waals surface area contributed by atoms with E-state index in [0.717, 1.165) is 22.1 Å². The number of amides is 1. The van der Waals surface area contributed by atoms with Gasteiger partial charge in [0.2, 0.25) is 0 Å². The topological polar surface area (TPSA) is 82.5 Å². The summed E-state index contributed by atoms with van der Waals surface area (Å²) in [7, 11) is 0.